The molecule has 1 aliphatic rings. The first-order valence-corrected chi connectivity index (χ1v) is 13.4. The second kappa shape index (κ2) is 11.2. The van der Waals surface area contributed by atoms with E-state index in [4.69, 9.17) is 11.6 Å². The summed E-state index contributed by atoms with van der Waals surface area (Å²) in [4.78, 5) is 13.3. The van der Waals surface area contributed by atoms with Crippen LogP contribution in [-0.4, -0.2) is 42.5 Å². The Morgan fingerprint density at radius 2 is 1.66 bits per heavy atom. The van der Waals surface area contributed by atoms with Gasteiger partial charge in [-0.3, -0.25) is 4.72 Å². The van der Waals surface area contributed by atoms with Gasteiger partial charge < -0.3 is 10.6 Å². The predicted molar refractivity (Wildman–Crippen MR) is 141 cm³/mol. The summed E-state index contributed by atoms with van der Waals surface area (Å²) in [5.41, 5.74) is 2.39. The van der Waals surface area contributed by atoms with Crippen molar-refractivity contribution in [3.05, 3.63) is 70.6 Å². The molecule has 35 heavy (non-hydrogen) atoms. The highest BCUT2D eigenvalue weighted by molar-refractivity contribution is 7.92. The van der Waals surface area contributed by atoms with Gasteiger partial charge in [0.05, 0.1) is 5.02 Å². The molecule has 0 amide bonds. The molecule has 1 aliphatic carbocycles. The summed E-state index contributed by atoms with van der Waals surface area (Å²) < 4.78 is 27.8. The number of aryl methyl sites for hydroxylation is 1. The quantitative estimate of drug-likeness (QED) is 0.399. The van der Waals surface area contributed by atoms with Crippen LogP contribution in [0.25, 0.3) is 12.2 Å². The zero-order chi connectivity index (χ0) is 24.8. The molecule has 3 aromatic rings. The van der Waals surface area contributed by atoms with E-state index in [0.717, 1.165) is 36.8 Å². The molecule has 4 rings (SSSR count). The molecule has 0 saturated heterocycles. The van der Waals surface area contributed by atoms with Crippen molar-refractivity contribution in [2.45, 2.75) is 49.6 Å². The van der Waals surface area contributed by atoms with Crippen LogP contribution >= 0.6 is 11.6 Å². The van der Waals surface area contributed by atoms with Crippen LogP contribution in [0.3, 0.4) is 0 Å². The highest BCUT2D eigenvalue weighted by Crippen LogP contribution is 2.24. The van der Waals surface area contributed by atoms with Crippen molar-refractivity contribution in [1.82, 2.24) is 20.3 Å². The highest BCUT2D eigenvalue weighted by atomic mass is 35.5. The van der Waals surface area contributed by atoms with Crippen LogP contribution in [0.1, 0.15) is 42.5 Å². The molecule has 0 unspecified atom stereocenters. The SMILES string of the molecule is CN[C@H]1CC[C@H](Nc2ncc(C=Cc3ccc(NS(=O)(=O)c4ccccc4Cl)nc3C)cn2)CC1. The van der Waals surface area contributed by atoms with E-state index >= 15 is 0 Å². The fourth-order valence-corrected chi connectivity index (χ4v) is 5.58. The summed E-state index contributed by atoms with van der Waals surface area (Å²) in [6.45, 7) is 1.82. The fourth-order valence-electron chi connectivity index (χ4n) is 4.05. The van der Waals surface area contributed by atoms with Crippen LogP contribution in [0, 0.1) is 6.92 Å². The minimum atomic E-state index is -3.84. The minimum absolute atomic E-state index is 0.00804. The summed E-state index contributed by atoms with van der Waals surface area (Å²) in [7, 11) is -1.82. The van der Waals surface area contributed by atoms with E-state index in [1.807, 2.05) is 32.2 Å². The number of halogens is 1. The lowest BCUT2D eigenvalue weighted by Gasteiger charge is -2.28. The summed E-state index contributed by atoms with van der Waals surface area (Å²) in [6.07, 6.45) is 11.9. The molecule has 8 nitrogen and oxygen atoms in total. The van der Waals surface area contributed by atoms with Gasteiger partial charge in [-0.1, -0.05) is 35.9 Å². The van der Waals surface area contributed by atoms with Gasteiger partial charge in [0, 0.05) is 35.7 Å². The number of aromatic nitrogens is 3. The molecule has 2 aromatic heterocycles. The average molecular weight is 513 g/mol. The number of nitrogens with one attached hydrogen (secondary N) is 3. The van der Waals surface area contributed by atoms with Gasteiger partial charge in [0.2, 0.25) is 5.95 Å². The third-order valence-corrected chi connectivity index (χ3v) is 7.94. The molecule has 0 bridgehead atoms. The van der Waals surface area contributed by atoms with Crippen LogP contribution in [0.2, 0.25) is 5.02 Å². The highest BCUT2D eigenvalue weighted by Gasteiger charge is 2.20. The minimum Gasteiger partial charge on any atom is -0.351 e. The molecule has 10 heteroatoms. The lowest BCUT2D eigenvalue weighted by Crippen LogP contribution is -2.35. The topological polar surface area (TPSA) is 109 Å². The van der Waals surface area contributed by atoms with E-state index in [1.54, 1.807) is 30.6 Å². The van der Waals surface area contributed by atoms with Crippen LogP contribution in [0.4, 0.5) is 11.8 Å². The lowest BCUT2D eigenvalue weighted by atomic mass is 9.91. The van der Waals surface area contributed by atoms with E-state index in [9.17, 15) is 8.42 Å². The van der Waals surface area contributed by atoms with Gasteiger partial charge in [-0.2, -0.15) is 0 Å². The molecule has 184 valence electrons. The van der Waals surface area contributed by atoms with Crippen molar-refractivity contribution in [3.63, 3.8) is 0 Å². The first kappa shape index (κ1) is 25.1. The summed E-state index contributed by atoms with van der Waals surface area (Å²) in [5.74, 6) is 0.866. The van der Waals surface area contributed by atoms with Crippen molar-refractivity contribution in [2.24, 2.45) is 0 Å². The fraction of sp³-hybridized carbons (Fsp3) is 0.320. The Labute approximate surface area is 211 Å². The average Bonchev–Trinajstić information content (AvgIpc) is 2.85. The van der Waals surface area contributed by atoms with Crippen LogP contribution in [-0.2, 0) is 10.0 Å². The largest absolute Gasteiger partial charge is 0.351 e. The molecule has 0 atom stereocenters. The van der Waals surface area contributed by atoms with Crippen molar-refractivity contribution in [2.75, 3.05) is 17.1 Å². The number of nitrogens with zero attached hydrogens (tertiary/aromatic N) is 3. The van der Waals surface area contributed by atoms with Gasteiger partial charge in [0.25, 0.3) is 10.0 Å². The summed E-state index contributed by atoms with van der Waals surface area (Å²) in [6, 6.07) is 10.7. The smallest absolute Gasteiger partial charge is 0.264 e. The summed E-state index contributed by atoms with van der Waals surface area (Å²) >= 11 is 6.03. The number of rotatable bonds is 8. The van der Waals surface area contributed by atoms with Crippen molar-refractivity contribution in [1.29, 1.82) is 0 Å². The lowest BCUT2D eigenvalue weighted by molar-refractivity contribution is 0.370. The third-order valence-electron chi connectivity index (χ3n) is 6.09. The van der Waals surface area contributed by atoms with Crippen LogP contribution in [0.5, 0.6) is 0 Å². The van der Waals surface area contributed by atoms with Crippen LogP contribution in [0.15, 0.2) is 53.7 Å². The Bertz CT molecular complexity index is 1290. The van der Waals surface area contributed by atoms with E-state index in [0.29, 0.717) is 23.7 Å². The molecule has 0 aliphatic heterocycles. The molecule has 2 heterocycles. The Hall–Kier alpha value is -3.01. The second-order valence-electron chi connectivity index (χ2n) is 8.56. The second-order valence-corrected chi connectivity index (χ2v) is 10.6. The van der Waals surface area contributed by atoms with E-state index in [-0.39, 0.29) is 15.7 Å². The van der Waals surface area contributed by atoms with E-state index in [1.165, 1.54) is 12.1 Å². The van der Waals surface area contributed by atoms with Gasteiger partial charge in [-0.25, -0.2) is 23.4 Å². The Morgan fingerprint density at radius 1 is 0.971 bits per heavy atom. The number of hydrogen-bond acceptors (Lipinski definition) is 7. The number of benzene rings is 1. The Balaban J connectivity index is 1.37. The number of hydrogen-bond donors (Lipinski definition) is 3. The molecule has 1 saturated carbocycles. The van der Waals surface area contributed by atoms with Crippen molar-refractivity contribution < 1.29 is 8.42 Å². The summed E-state index contributed by atoms with van der Waals surface area (Å²) in [5, 5.41) is 6.92. The maximum Gasteiger partial charge on any atom is 0.264 e. The molecule has 0 spiro atoms. The molecular weight excluding hydrogens is 484 g/mol. The zero-order valence-electron chi connectivity index (χ0n) is 19.7. The number of anilines is 2. The molecule has 1 aromatic carbocycles. The van der Waals surface area contributed by atoms with Gasteiger partial charge >= 0.3 is 0 Å². The normalized spacial score (nSPS) is 18.5. The predicted octanol–water partition coefficient (Wildman–Crippen LogP) is 4.75. The van der Waals surface area contributed by atoms with Gasteiger partial charge in [-0.05, 0) is 69.5 Å². The maximum absolute atomic E-state index is 12.6. The molecular formula is C25H29ClN6O2S. The Kier molecular flexibility index (Phi) is 8.00. The van der Waals surface area contributed by atoms with E-state index < -0.39 is 10.0 Å². The standard InChI is InChI=1S/C25H29ClN6O2S/c1-17-19(9-14-24(30-17)32-35(33,34)23-6-4-3-5-22(23)26)8-7-18-15-28-25(29-16-18)31-21-12-10-20(27-2)11-13-21/h3-9,14-16,20-21,27H,10-13H2,1-2H3,(H,30,32)(H,28,29,31)/t20-,21-. The number of sulfonamides is 1. The van der Waals surface area contributed by atoms with Gasteiger partial charge in [0.1, 0.15) is 10.7 Å². The van der Waals surface area contributed by atoms with Gasteiger partial charge in [0.15, 0.2) is 0 Å². The van der Waals surface area contributed by atoms with Crippen LogP contribution < -0.4 is 15.4 Å². The maximum atomic E-state index is 12.6. The Morgan fingerprint density at radius 3 is 2.31 bits per heavy atom. The van der Waals surface area contributed by atoms with Crippen molar-refractivity contribution in [3.8, 4) is 0 Å². The van der Waals surface area contributed by atoms with Crippen molar-refractivity contribution >= 4 is 45.5 Å². The van der Waals surface area contributed by atoms with E-state index in [2.05, 4.69) is 30.3 Å². The monoisotopic (exact) mass is 512 g/mol. The van der Waals surface area contributed by atoms with Gasteiger partial charge in [-0.15, -0.1) is 0 Å². The molecule has 3 N–H and O–H groups in total. The first-order valence-electron chi connectivity index (χ1n) is 11.5. The first-order chi connectivity index (χ1) is 16.8. The molecule has 1 fully saturated rings. The molecule has 0 radical (unpaired) electrons. The zero-order valence-corrected chi connectivity index (χ0v) is 21.3. The number of pyridine rings is 1. The third kappa shape index (κ3) is 6.56.